The summed E-state index contributed by atoms with van der Waals surface area (Å²) in [6.07, 6.45) is 2.66. The number of rotatable bonds is 4. The van der Waals surface area contributed by atoms with E-state index >= 15 is 0 Å². The molecule has 18 heavy (non-hydrogen) atoms. The molecule has 0 aliphatic carbocycles. The zero-order valence-electron chi connectivity index (χ0n) is 10.6. The van der Waals surface area contributed by atoms with E-state index in [1.165, 1.54) is 5.56 Å². The van der Waals surface area contributed by atoms with E-state index in [4.69, 9.17) is 5.11 Å². The lowest BCUT2D eigenvalue weighted by molar-refractivity contribution is -0.135. The van der Waals surface area contributed by atoms with Crippen LogP contribution in [0.2, 0.25) is 0 Å². The molecular formula is C14H16N2O2. The van der Waals surface area contributed by atoms with Crippen molar-refractivity contribution in [2.24, 2.45) is 0 Å². The number of carbonyl (C=O) groups is 1. The van der Waals surface area contributed by atoms with Crippen LogP contribution in [0, 0.1) is 0 Å². The second-order valence-electron chi connectivity index (χ2n) is 4.29. The predicted octanol–water partition coefficient (Wildman–Crippen LogP) is 2.32. The van der Waals surface area contributed by atoms with Crippen molar-refractivity contribution >= 4 is 22.6 Å². The van der Waals surface area contributed by atoms with Crippen LogP contribution in [-0.4, -0.2) is 29.7 Å². The van der Waals surface area contributed by atoms with Crippen LogP contribution in [0.3, 0.4) is 0 Å². The van der Waals surface area contributed by atoms with Crippen LogP contribution in [0.1, 0.15) is 12.5 Å². The molecule has 1 heterocycles. The first-order valence-electron chi connectivity index (χ1n) is 5.92. The predicted molar refractivity (Wildman–Crippen MR) is 72.0 cm³/mol. The number of hydrogen-bond acceptors (Lipinski definition) is 3. The summed E-state index contributed by atoms with van der Waals surface area (Å²) in [4.78, 5) is 16.7. The van der Waals surface area contributed by atoms with Crippen molar-refractivity contribution in [3.63, 3.8) is 0 Å². The van der Waals surface area contributed by atoms with Crippen LogP contribution in [-0.2, 0) is 11.2 Å². The zero-order valence-corrected chi connectivity index (χ0v) is 10.6. The maximum absolute atomic E-state index is 10.8. The summed E-state index contributed by atoms with van der Waals surface area (Å²) < 4.78 is 0. The van der Waals surface area contributed by atoms with E-state index in [9.17, 15) is 4.79 Å². The Balaban J connectivity index is 2.52. The average Bonchev–Trinajstić information content (AvgIpc) is 2.36. The summed E-state index contributed by atoms with van der Waals surface area (Å²) in [6.45, 7) is 2.04. The molecule has 2 aromatic rings. The Labute approximate surface area is 106 Å². The Morgan fingerprint density at radius 2 is 2.17 bits per heavy atom. The molecule has 0 saturated heterocycles. The van der Waals surface area contributed by atoms with Gasteiger partial charge in [0.2, 0.25) is 0 Å². The summed E-state index contributed by atoms with van der Waals surface area (Å²) in [5.41, 5.74) is 1.22. The van der Waals surface area contributed by atoms with Crippen molar-refractivity contribution in [3.05, 3.63) is 36.0 Å². The van der Waals surface area contributed by atoms with Gasteiger partial charge in [0.1, 0.15) is 12.4 Å². The topological polar surface area (TPSA) is 53.4 Å². The quantitative estimate of drug-likeness (QED) is 0.896. The van der Waals surface area contributed by atoms with Crippen LogP contribution in [0.5, 0.6) is 0 Å². The largest absolute Gasteiger partial charge is 0.480 e. The van der Waals surface area contributed by atoms with Crippen molar-refractivity contribution < 1.29 is 9.90 Å². The number of pyridine rings is 1. The molecule has 0 spiro atoms. The maximum Gasteiger partial charge on any atom is 0.323 e. The Morgan fingerprint density at radius 1 is 1.39 bits per heavy atom. The van der Waals surface area contributed by atoms with E-state index < -0.39 is 5.97 Å². The molecule has 0 amide bonds. The van der Waals surface area contributed by atoms with Crippen LogP contribution in [0.4, 0.5) is 5.82 Å². The van der Waals surface area contributed by atoms with E-state index in [2.05, 4.69) is 24.0 Å². The standard InChI is InChI=1S/C14H16N2O2/c1-3-10-4-5-11-6-7-15-14(12(11)8-10)16(2)9-13(17)18/h4-8H,3,9H2,1-2H3,(H,17,18). The van der Waals surface area contributed by atoms with Gasteiger partial charge < -0.3 is 10.0 Å². The van der Waals surface area contributed by atoms with Gasteiger partial charge in [0.15, 0.2) is 0 Å². The second kappa shape index (κ2) is 5.04. The molecule has 94 valence electrons. The minimum absolute atomic E-state index is 0.0531. The fourth-order valence-electron chi connectivity index (χ4n) is 2.00. The number of benzene rings is 1. The van der Waals surface area contributed by atoms with Gasteiger partial charge in [-0.1, -0.05) is 19.1 Å². The molecule has 0 bridgehead atoms. The normalized spacial score (nSPS) is 10.6. The monoisotopic (exact) mass is 244 g/mol. The highest BCUT2D eigenvalue weighted by Gasteiger charge is 2.10. The fraction of sp³-hybridized carbons (Fsp3) is 0.286. The minimum atomic E-state index is -0.858. The number of hydrogen-bond donors (Lipinski definition) is 1. The molecule has 4 nitrogen and oxygen atoms in total. The summed E-state index contributed by atoms with van der Waals surface area (Å²) >= 11 is 0. The van der Waals surface area contributed by atoms with Crippen molar-refractivity contribution in [3.8, 4) is 0 Å². The van der Waals surface area contributed by atoms with Gasteiger partial charge in [-0.3, -0.25) is 4.79 Å². The second-order valence-corrected chi connectivity index (χ2v) is 4.29. The fourth-order valence-corrected chi connectivity index (χ4v) is 2.00. The average molecular weight is 244 g/mol. The molecule has 0 aliphatic heterocycles. The molecule has 0 aliphatic rings. The molecule has 0 unspecified atom stereocenters. The third-order valence-electron chi connectivity index (χ3n) is 2.95. The van der Waals surface area contributed by atoms with Crippen LogP contribution < -0.4 is 4.90 Å². The maximum atomic E-state index is 10.8. The number of carboxylic acids is 1. The summed E-state index contributed by atoms with van der Waals surface area (Å²) in [5.74, 6) is -0.145. The van der Waals surface area contributed by atoms with Gasteiger partial charge in [-0.15, -0.1) is 0 Å². The van der Waals surface area contributed by atoms with Crippen molar-refractivity contribution in [1.29, 1.82) is 0 Å². The van der Waals surface area contributed by atoms with Gasteiger partial charge in [-0.05, 0) is 29.5 Å². The van der Waals surface area contributed by atoms with E-state index in [-0.39, 0.29) is 6.54 Å². The highest BCUT2D eigenvalue weighted by molar-refractivity contribution is 5.93. The zero-order chi connectivity index (χ0) is 13.1. The molecule has 0 fully saturated rings. The van der Waals surface area contributed by atoms with Gasteiger partial charge in [-0.25, -0.2) is 4.98 Å². The lowest BCUT2D eigenvalue weighted by atomic mass is 10.1. The van der Waals surface area contributed by atoms with Gasteiger partial charge in [0.25, 0.3) is 0 Å². The first kappa shape index (κ1) is 12.4. The first-order chi connectivity index (χ1) is 8.61. The number of carboxylic acid groups (broad SMARTS) is 1. The number of nitrogens with zero attached hydrogens (tertiary/aromatic N) is 2. The van der Waals surface area contributed by atoms with Crippen molar-refractivity contribution in [2.75, 3.05) is 18.5 Å². The number of aromatic nitrogens is 1. The molecule has 1 N–H and O–H groups in total. The molecule has 0 saturated carbocycles. The molecule has 0 radical (unpaired) electrons. The van der Waals surface area contributed by atoms with Gasteiger partial charge in [0.05, 0.1) is 0 Å². The smallest absolute Gasteiger partial charge is 0.323 e. The number of likely N-dealkylation sites (N-methyl/N-ethyl adjacent to an activating group) is 1. The highest BCUT2D eigenvalue weighted by atomic mass is 16.4. The Hall–Kier alpha value is -2.10. The van der Waals surface area contributed by atoms with E-state index in [1.54, 1.807) is 18.1 Å². The minimum Gasteiger partial charge on any atom is -0.480 e. The van der Waals surface area contributed by atoms with Crippen molar-refractivity contribution in [1.82, 2.24) is 4.98 Å². The van der Waals surface area contributed by atoms with Crippen molar-refractivity contribution in [2.45, 2.75) is 13.3 Å². The lowest BCUT2D eigenvalue weighted by Crippen LogP contribution is -2.26. The van der Waals surface area contributed by atoms with Gasteiger partial charge in [0, 0.05) is 18.6 Å². The molecule has 2 rings (SSSR count). The van der Waals surface area contributed by atoms with Crippen LogP contribution in [0.15, 0.2) is 30.5 Å². The van der Waals surface area contributed by atoms with Gasteiger partial charge in [-0.2, -0.15) is 0 Å². The number of aliphatic carboxylic acids is 1. The molecule has 4 heteroatoms. The third-order valence-corrected chi connectivity index (χ3v) is 2.95. The Bertz CT molecular complexity index is 581. The SMILES string of the molecule is CCc1ccc2ccnc(N(C)CC(=O)O)c2c1. The summed E-state index contributed by atoms with van der Waals surface area (Å²) in [7, 11) is 1.74. The van der Waals surface area contributed by atoms with Gasteiger partial charge >= 0.3 is 5.97 Å². The molecule has 1 aromatic carbocycles. The van der Waals surface area contributed by atoms with E-state index in [0.717, 1.165) is 17.2 Å². The van der Waals surface area contributed by atoms with Crippen LogP contribution >= 0.6 is 0 Å². The van der Waals surface area contributed by atoms with Crippen LogP contribution in [0.25, 0.3) is 10.8 Å². The Morgan fingerprint density at radius 3 is 2.83 bits per heavy atom. The van der Waals surface area contributed by atoms with E-state index in [0.29, 0.717) is 5.82 Å². The molecule has 0 atom stereocenters. The number of anilines is 1. The summed E-state index contributed by atoms with van der Waals surface area (Å²) in [6, 6.07) is 8.15. The summed E-state index contributed by atoms with van der Waals surface area (Å²) in [5, 5.41) is 10.9. The number of aryl methyl sites for hydroxylation is 1. The third kappa shape index (κ3) is 2.42. The highest BCUT2D eigenvalue weighted by Crippen LogP contribution is 2.24. The number of fused-ring (bicyclic) bond motifs is 1. The molecular weight excluding hydrogens is 228 g/mol. The molecule has 1 aromatic heterocycles. The van der Waals surface area contributed by atoms with E-state index in [1.807, 2.05) is 12.1 Å². The first-order valence-corrected chi connectivity index (χ1v) is 5.92. The lowest BCUT2D eigenvalue weighted by Gasteiger charge is -2.17. The Kier molecular flexibility index (Phi) is 3.46.